The monoisotopic (exact) mass is 265 g/mol. The van der Waals surface area contributed by atoms with Gasteiger partial charge in [0, 0.05) is 12.0 Å². The molecule has 0 saturated carbocycles. The van der Waals surface area contributed by atoms with Gasteiger partial charge in [0.05, 0.1) is 19.3 Å². The Kier molecular flexibility index (Phi) is 3.14. The van der Waals surface area contributed by atoms with Gasteiger partial charge in [-0.25, -0.2) is 4.79 Å². The molecule has 0 spiro atoms. The van der Waals surface area contributed by atoms with Crippen molar-refractivity contribution in [2.45, 2.75) is 31.4 Å². The van der Waals surface area contributed by atoms with Crippen molar-refractivity contribution >= 4 is 6.09 Å². The molecule has 102 valence electrons. The van der Waals surface area contributed by atoms with Crippen LogP contribution in [0.25, 0.3) is 0 Å². The van der Waals surface area contributed by atoms with E-state index in [1.165, 1.54) is 4.90 Å². The number of aliphatic hydroxyl groups is 2. The highest BCUT2D eigenvalue weighted by atomic mass is 16.6. The Bertz CT molecular complexity index is 492. The first-order valence-corrected chi connectivity index (χ1v) is 6.20. The standard InChI is InChI=1S/C13H15NO5/c15-7-11-9(16)5-12(18-11)14-6-8-3-1-2-4-10(8)19-13(14)17/h1-4,9,11-12,15-16H,5-7H2/t9-,11+,12+/m0/s1. The van der Waals surface area contributed by atoms with Gasteiger partial charge in [-0.2, -0.15) is 0 Å². The molecule has 0 radical (unpaired) electrons. The van der Waals surface area contributed by atoms with Crippen molar-refractivity contribution in [1.82, 2.24) is 4.90 Å². The van der Waals surface area contributed by atoms with Crippen LogP contribution in [-0.4, -0.2) is 46.2 Å². The van der Waals surface area contributed by atoms with E-state index >= 15 is 0 Å². The van der Waals surface area contributed by atoms with Crippen molar-refractivity contribution in [3.63, 3.8) is 0 Å². The van der Waals surface area contributed by atoms with Gasteiger partial charge < -0.3 is 19.7 Å². The van der Waals surface area contributed by atoms with Crippen LogP contribution < -0.4 is 4.74 Å². The van der Waals surface area contributed by atoms with Crippen LogP contribution in [0, 0.1) is 0 Å². The van der Waals surface area contributed by atoms with Crippen molar-refractivity contribution in [3.05, 3.63) is 29.8 Å². The summed E-state index contributed by atoms with van der Waals surface area (Å²) in [5, 5.41) is 18.8. The maximum Gasteiger partial charge on any atom is 0.417 e. The third-order valence-electron chi connectivity index (χ3n) is 3.48. The first-order chi connectivity index (χ1) is 9.19. The zero-order valence-electron chi connectivity index (χ0n) is 10.2. The van der Waals surface area contributed by atoms with Crippen LogP contribution in [0.5, 0.6) is 5.75 Å². The summed E-state index contributed by atoms with van der Waals surface area (Å²) in [6.07, 6.45) is -2.18. The second kappa shape index (κ2) is 4.80. The van der Waals surface area contributed by atoms with Crippen LogP contribution in [0.3, 0.4) is 0 Å². The molecule has 0 unspecified atom stereocenters. The van der Waals surface area contributed by atoms with Crippen molar-refractivity contribution in [3.8, 4) is 5.75 Å². The summed E-state index contributed by atoms with van der Waals surface area (Å²) >= 11 is 0. The van der Waals surface area contributed by atoms with Crippen LogP contribution in [0.1, 0.15) is 12.0 Å². The molecule has 3 rings (SSSR count). The Morgan fingerprint density at radius 2 is 2.16 bits per heavy atom. The zero-order valence-corrected chi connectivity index (χ0v) is 10.2. The van der Waals surface area contributed by atoms with E-state index in [0.717, 1.165) is 5.56 Å². The van der Waals surface area contributed by atoms with Crippen molar-refractivity contribution < 1.29 is 24.5 Å². The largest absolute Gasteiger partial charge is 0.417 e. The number of ether oxygens (including phenoxy) is 2. The lowest BCUT2D eigenvalue weighted by atomic mass is 10.1. The van der Waals surface area contributed by atoms with E-state index in [4.69, 9.17) is 14.6 Å². The molecular formula is C13H15NO5. The predicted molar refractivity (Wildman–Crippen MR) is 64.4 cm³/mol. The van der Waals surface area contributed by atoms with Gasteiger partial charge in [-0.3, -0.25) is 4.90 Å². The summed E-state index contributed by atoms with van der Waals surface area (Å²) < 4.78 is 10.7. The summed E-state index contributed by atoms with van der Waals surface area (Å²) in [5.41, 5.74) is 0.896. The van der Waals surface area contributed by atoms with Crippen molar-refractivity contribution in [2.75, 3.05) is 6.61 Å². The number of hydrogen-bond acceptors (Lipinski definition) is 5. The van der Waals surface area contributed by atoms with Crippen LogP contribution in [0.15, 0.2) is 24.3 Å². The second-order valence-corrected chi connectivity index (χ2v) is 4.72. The zero-order chi connectivity index (χ0) is 13.4. The molecule has 2 N–H and O–H groups in total. The van der Waals surface area contributed by atoms with E-state index in [1.54, 1.807) is 12.1 Å². The molecule has 3 atom stereocenters. The van der Waals surface area contributed by atoms with Gasteiger partial charge in [0.25, 0.3) is 0 Å². The van der Waals surface area contributed by atoms with Gasteiger partial charge in [0.15, 0.2) is 0 Å². The van der Waals surface area contributed by atoms with Crippen LogP contribution >= 0.6 is 0 Å². The van der Waals surface area contributed by atoms with Gasteiger partial charge >= 0.3 is 6.09 Å². The number of benzene rings is 1. The fourth-order valence-corrected chi connectivity index (χ4v) is 2.43. The number of carbonyl (C=O) groups is 1. The Labute approximate surface area is 110 Å². The van der Waals surface area contributed by atoms with Gasteiger partial charge in [-0.1, -0.05) is 18.2 Å². The van der Waals surface area contributed by atoms with Crippen LogP contribution in [0.2, 0.25) is 0 Å². The van der Waals surface area contributed by atoms with Gasteiger partial charge in [-0.05, 0) is 6.07 Å². The predicted octanol–water partition coefficient (Wildman–Crippen LogP) is 0.469. The molecule has 2 aliphatic rings. The van der Waals surface area contributed by atoms with E-state index in [2.05, 4.69) is 0 Å². The van der Waals surface area contributed by atoms with Gasteiger partial charge in [0.2, 0.25) is 0 Å². The molecule has 1 fully saturated rings. The van der Waals surface area contributed by atoms with Crippen LogP contribution in [0.4, 0.5) is 4.79 Å². The van der Waals surface area contributed by atoms with Gasteiger partial charge in [-0.15, -0.1) is 0 Å². The number of fused-ring (bicyclic) bond motifs is 1. The Morgan fingerprint density at radius 1 is 1.37 bits per heavy atom. The molecule has 1 aromatic rings. The maximum atomic E-state index is 11.9. The number of hydrogen-bond donors (Lipinski definition) is 2. The van der Waals surface area contributed by atoms with E-state index in [1.807, 2.05) is 12.1 Å². The Balaban J connectivity index is 1.78. The normalized spacial score (nSPS) is 30.1. The average molecular weight is 265 g/mol. The maximum absolute atomic E-state index is 11.9. The minimum absolute atomic E-state index is 0.267. The lowest BCUT2D eigenvalue weighted by molar-refractivity contribution is -0.0735. The van der Waals surface area contributed by atoms with Crippen molar-refractivity contribution in [2.24, 2.45) is 0 Å². The first kappa shape index (κ1) is 12.4. The molecule has 1 aromatic carbocycles. The molecule has 2 aliphatic heterocycles. The molecule has 1 amide bonds. The summed E-state index contributed by atoms with van der Waals surface area (Å²) in [6, 6.07) is 7.30. The number of aliphatic hydroxyl groups excluding tert-OH is 2. The summed E-state index contributed by atoms with van der Waals surface area (Å²) in [6.45, 7) is 0.113. The molecule has 0 aromatic heterocycles. The number of carbonyl (C=O) groups excluding carboxylic acids is 1. The Hall–Kier alpha value is -1.63. The van der Waals surface area contributed by atoms with E-state index < -0.39 is 24.5 Å². The third-order valence-corrected chi connectivity index (χ3v) is 3.48. The minimum atomic E-state index is -0.764. The quantitative estimate of drug-likeness (QED) is 0.812. The third kappa shape index (κ3) is 2.18. The highest BCUT2D eigenvalue weighted by Gasteiger charge is 2.40. The molecule has 6 nitrogen and oxygen atoms in total. The smallest absolute Gasteiger partial charge is 0.410 e. The topological polar surface area (TPSA) is 79.2 Å². The molecule has 19 heavy (non-hydrogen) atoms. The fraction of sp³-hybridized carbons (Fsp3) is 0.462. The number of nitrogens with zero attached hydrogens (tertiary/aromatic N) is 1. The second-order valence-electron chi connectivity index (χ2n) is 4.72. The highest BCUT2D eigenvalue weighted by Crippen LogP contribution is 2.31. The first-order valence-electron chi connectivity index (χ1n) is 6.20. The molecule has 6 heteroatoms. The molecular weight excluding hydrogens is 250 g/mol. The minimum Gasteiger partial charge on any atom is -0.410 e. The van der Waals surface area contributed by atoms with E-state index in [9.17, 15) is 9.90 Å². The SMILES string of the molecule is O=C1Oc2ccccc2CN1[C@H]1C[C@H](O)[C@@H](CO)O1. The molecule has 1 saturated heterocycles. The fourth-order valence-electron chi connectivity index (χ4n) is 2.43. The lowest BCUT2D eigenvalue weighted by Crippen LogP contribution is -2.44. The summed E-state index contributed by atoms with van der Waals surface area (Å²) in [5.74, 6) is 0.556. The van der Waals surface area contributed by atoms with E-state index in [-0.39, 0.29) is 13.0 Å². The average Bonchev–Trinajstić information content (AvgIpc) is 2.79. The molecule has 0 bridgehead atoms. The number of amides is 1. The number of rotatable bonds is 2. The number of para-hydroxylation sites is 1. The molecule has 0 aliphatic carbocycles. The Morgan fingerprint density at radius 3 is 2.89 bits per heavy atom. The van der Waals surface area contributed by atoms with Crippen LogP contribution in [-0.2, 0) is 11.3 Å². The van der Waals surface area contributed by atoms with Crippen molar-refractivity contribution in [1.29, 1.82) is 0 Å². The lowest BCUT2D eigenvalue weighted by Gasteiger charge is -2.32. The highest BCUT2D eigenvalue weighted by molar-refractivity contribution is 5.73. The molecule has 2 heterocycles. The van der Waals surface area contributed by atoms with Gasteiger partial charge in [0.1, 0.15) is 18.1 Å². The summed E-state index contributed by atoms with van der Waals surface area (Å²) in [7, 11) is 0. The summed E-state index contributed by atoms with van der Waals surface area (Å²) in [4.78, 5) is 13.4. The van der Waals surface area contributed by atoms with E-state index in [0.29, 0.717) is 12.3 Å².